The van der Waals surface area contributed by atoms with E-state index in [9.17, 15) is 27.6 Å². The Bertz CT molecular complexity index is 1840. The molecule has 5 atom stereocenters. The summed E-state index contributed by atoms with van der Waals surface area (Å²) in [5.41, 5.74) is -1.06. The van der Waals surface area contributed by atoms with Gasteiger partial charge in [0, 0.05) is 32.5 Å². The number of allylic oxidation sites excluding steroid dienone is 1. The summed E-state index contributed by atoms with van der Waals surface area (Å²) in [7, 11) is -1.59. The van der Waals surface area contributed by atoms with Crippen LogP contribution in [0.4, 0.5) is 4.79 Å². The Hall–Kier alpha value is -3.89. The SMILES string of the molecule is CC(C)n1c(O[C@@H]2C[C@H]3C(=O)N[C@]4(C(=O)NS(=O)(=O)N(C)C)C[C@@H]4/C=C\CCCCC[C@H](NC(=O)OC(C)(C)C)C(=O)N3C2)nc2c(Cl)cccc21. The minimum Gasteiger partial charge on any atom is -0.459 e. The molecule has 52 heavy (non-hydrogen) atoms. The highest BCUT2D eigenvalue weighted by Crippen LogP contribution is 2.46. The smallest absolute Gasteiger partial charge is 0.408 e. The van der Waals surface area contributed by atoms with E-state index < -0.39 is 69.3 Å². The highest BCUT2D eigenvalue weighted by atomic mass is 35.5. The number of para-hydroxylation sites is 1. The standard InChI is InChI=1S/C35H50ClN7O8S/c1-21(2)43-26-17-13-15-24(36)28(26)38-32(43)50-23-18-27-29(44)39-35(31(46)40-52(48,49)41(6)7)19-22(35)14-11-9-8-10-12-16-25(30(45)42(27)20-23)37-33(47)51-34(3,4)5/h11,13-15,17,21-23,25,27H,8-10,12,16,18-20H2,1-7H3,(H,37,47)(H,39,44)(H,40,46)/b14-11-/t22-,23+,25-,27-,35+/m0/s1. The molecule has 1 aliphatic carbocycles. The van der Waals surface area contributed by atoms with Gasteiger partial charge in [-0.3, -0.25) is 19.0 Å². The van der Waals surface area contributed by atoms with Crippen molar-refractivity contribution in [2.45, 2.75) is 115 Å². The van der Waals surface area contributed by atoms with E-state index in [-0.39, 0.29) is 31.4 Å². The molecular formula is C35H50ClN7O8S. The fourth-order valence-electron chi connectivity index (χ4n) is 6.71. The van der Waals surface area contributed by atoms with Crippen LogP contribution in [0.15, 0.2) is 30.4 Å². The zero-order chi connectivity index (χ0) is 38.2. The number of benzene rings is 1. The van der Waals surface area contributed by atoms with Crippen molar-refractivity contribution in [3.05, 3.63) is 35.4 Å². The predicted molar refractivity (Wildman–Crippen MR) is 195 cm³/mol. The summed E-state index contributed by atoms with van der Waals surface area (Å²) in [4.78, 5) is 61.4. The van der Waals surface area contributed by atoms with Crippen LogP contribution in [0.25, 0.3) is 11.0 Å². The highest BCUT2D eigenvalue weighted by Gasteiger charge is 2.61. The normalized spacial score (nSPS) is 26.5. The van der Waals surface area contributed by atoms with Gasteiger partial charge < -0.3 is 25.0 Å². The number of imidazole rings is 1. The number of aromatic nitrogens is 2. The van der Waals surface area contributed by atoms with Gasteiger partial charge in [0.2, 0.25) is 11.8 Å². The molecule has 0 bridgehead atoms. The number of ether oxygens (including phenoxy) is 2. The minimum atomic E-state index is -4.17. The van der Waals surface area contributed by atoms with Crippen LogP contribution in [0.1, 0.15) is 85.6 Å². The summed E-state index contributed by atoms with van der Waals surface area (Å²) in [6.45, 7) is 9.08. The van der Waals surface area contributed by atoms with Crippen molar-refractivity contribution in [3.63, 3.8) is 0 Å². The van der Waals surface area contributed by atoms with E-state index in [4.69, 9.17) is 21.1 Å². The van der Waals surface area contributed by atoms with E-state index in [1.807, 2.05) is 42.7 Å². The Morgan fingerprint density at radius 3 is 2.56 bits per heavy atom. The largest absolute Gasteiger partial charge is 0.459 e. The molecule has 17 heteroatoms. The van der Waals surface area contributed by atoms with Crippen molar-refractivity contribution >= 4 is 56.7 Å². The van der Waals surface area contributed by atoms with Gasteiger partial charge in [0.05, 0.1) is 17.1 Å². The third-order valence-electron chi connectivity index (χ3n) is 9.47. The molecule has 5 rings (SSSR count). The second kappa shape index (κ2) is 15.2. The van der Waals surface area contributed by atoms with Gasteiger partial charge in [-0.2, -0.15) is 17.7 Å². The number of halogens is 1. The maximum absolute atomic E-state index is 14.4. The number of hydrogen-bond donors (Lipinski definition) is 3. The monoisotopic (exact) mass is 763 g/mol. The molecule has 1 saturated carbocycles. The van der Waals surface area contributed by atoms with E-state index in [0.29, 0.717) is 29.8 Å². The number of amides is 4. The average molecular weight is 764 g/mol. The highest BCUT2D eigenvalue weighted by molar-refractivity contribution is 7.87. The summed E-state index contributed by atoms with van der Waals surface area (Å²) < 4.78 is 42.1. The van der Waals surface area contributed by atoms with Gasteiger partial charge in [-0.25, -0.2) is 9.52 Å². The van der Waals surface area contributed by atoms with Crippen LogP contribution in [-0.4, -0.2) is 101 Å². The van der Waals surface area contributed by atoms with Crippen LogP contribution in [0.5, 0.6) is 6.01 Å². The van der Waals surface area contributed by atoms with Gasteiger partial charge in [0.25, 0.3) is 11.9 Å². The lowest BCUT2D eigenvalue weighted by Gasteiger charge is -2.30. The van der Waals surface area contributed by atoms with E-state index in [2.05, 4.69) is 20.3 Å². The Balaban J connectivity index is 1.50. The lowest BCUT2D eigenvalue weighted by atomic mass is 10.0. The lowest BCUT2D eigenvalue weighted by molar-refractivity contribution is -0.141. The molecule has 0 unspecified atom stereocenters. The lowest BCUT2D eigenvalue weighted by Crippen LogP contribution is -2.58. The van der Waals surface area contributed by atoms with Crippen molar-refractivity contribution in [3.8, 4) is 6.01 Å². The fraction of sp³-hybridized carbons (Fsp3) is 0.629. The molecule has 15 nitrogen and oxygen atoms in total. The van der Waals surface area contributed by atoms with Gasteiger partial charge in [-0.15, -0.1) is 0 Å². The number of carbonyl (C=O) groups is 4. The predicted octanol–water partition coefficient (Wildman–Crippen LogP) is 3.83. The van der Waals surface area contributed by atoms with E-state index in [1.165, 1.54) is 19.0 Å². The van der Waals surface area contributed by atoms with E-state index >= 15 is 0 Å². The van der Waals surface area contributed by atoms with Crippen molar-refractivity contribution < 1.29 is 37.1 Å². The van der Waals surface area contributed by atoms with Crippen LogP contribution < -0.4 is 20.1 Å². The van der Waals surface area contributed by atoms with Crippen molar-refractivity contribution in [2.75, 3.05) is 20.6 Å². The van der Waals surface area contributed by atoms with E-state index in [0.717, 1.165) is 22.7 Å². The average Bonchev–Trinajstić information content (AvgIpc) is 3.36. The summed E-state index contributed by atoms with van der Waals surface area (Å²) in [5.74, 6) is -2.50. The number of nitrogens with one attached hydrogen (secondary N) is 3. The Labute approximate surface area is 310 Å². The minimum absolute atomic E-state index is 0.0277. The number of carbonyl (C=O) groups excluding carboxylic acids is 4. The van der Waals surface area contributed by atoms with Gasteiger partial charge in [-0.05, 0) is 72.4 Å². The Kier molecular flexibility index (Phi) is 11.5. The van der Waals surface area contributed by atoms with Gasteiger partial charge in [0.15, 0.2) is 0 Å². The number of hydrogen-bond acceptors (Lipinski definition) is 9. The summed E-state index contributed by atoms with van der Waals surface area (Å²) in [6, 6.07) is 3.47. The zero-order valence-electron chi connectivity index (χ0n) is 30.8. The summed E-state index contributed by atoms with van der Waals surface area (Å²) in [5, 5.41) is 6.01. The first-order valence-electron chi connectivity index (χ1n) is 17.7. The second-order valence-electron chi connectivity index (χ2n) is 15.2. The van der Waals surface area contributed by atoms with Gasteiger partial charge in [0.1, 0.15) is 34.8 Å². The zero-order valence-corrected chi connectivity index (χ0v) is 32.3. The number of alkyl carbamates (subject to hydrolysis) is 1. The molecule has 0 radical (unpaired) electrons. The molecule has 3 heterocycles. The molecular weight excluding hydrogens is 714 g/mol. The molecule has 4 amide bonds. The first-order chi connectivity index (χ1) is 24.3. The van der Waals surface area contributed by atoms with Crippen LogP contribution in [-0.2, 0) is 29.3 Å². The first-order valence-corrected chi connectivity index (χ1v) is 19.5. The third kappa shape index (κ3) is 8.66. The summed E-state index contributed by atoms with van der Waals surface area (Å²) >= 11 is 6.48. The Morgan fingerprint density at radius 2 is 1.88 bits per heavy atom. The van der Waals surface area contributed by atoms with Crippen LogP contribution in [0, 0.1) is 5.92 Å². The van der Waals surface area contributed by atoms with Crippen LogP contribution in [0.3, 0.4) is 0 Å². The number of rotatable bonds is 7. The van der Waals surface area contributed by atoms with Crippen LogP contribution in [0.2, 0.25) is 5.02 Å². The van der Waals surface area contributed by atoms with Gasteiger partial charge >= 0.3 is 16.3 Å². The van der Waals surface area contributed by atoms with Crippen LogP contribution >= 0.6 is 11.6 Å². The molecule has 2 aliphatic heterocycles. The third-order valence-corrected chi connectivity index (χ3v) is 11.2. The first kappa shape index (κ1) is 39.3. The van der Waals surface area contributed by atoms with Crippen molar-refractivity contribution in [1.82, 2.24) is 34.1 Å². The van der Waals surface area contributed by atoms with Gasteiger partial charge in [-0.1, -0.05) is 42.7 Å². The molecule has 3 aliphatic rings. The maximum atomic E-state index is 14.4. The topological polar surface area (TPSA) is 181 Å². The number of nitrogens with zero attached hydrogens (tertiary/aromatic N) is 4. The molecule has 2 fully saturated rings. The molecule has 2 aromatic rings. The molecule has 0 spiro atoms. The van der Waals surface area contributed by atoms with Crippen molar-refractivity contribution in [2.24, 2.45) is 5.92 Å². The number of fused-ring (bicyclic) bond motifs is 3. The fourth-order valence-corrected chi connectivity index (χ4v) is 7.52. The molecule has 286 valence electrons. The molecule has 1 aromatic carbocycles. The molecule has 1 aromatic heterocycles. The quantitative estimate of drug-likeness (QED) is 0.353. The molecule has 1 saturated heterocycles. The second-order valence-corrected chi connectivity index (χ2v) is 17.5. The summed E-state index contributed by atoms with van der Waals surface area (Å²) in [6.07, 6.45) is 5.60. The Morgan fingerprint density at radius 1 is 1.15 bits per heavy atom. The maximum Gasteiger partial charge on any atom is 0.408 e. The van der Waals surface area contributed by atoms with Crippen molar-refractivity contribution in [1.29, 1.82) is 0 Å². The van der Waals surface area contributed by atoms with E-state index in [1.54, 1.807) is 26.8 Å². The molecule has 3 N–H and O–H groups in total.